The maximum atomic E-state index is 13.5. The highest BCUT2D eigenvalue weighted by molar-refractivity contribution is 7.89. The number of ether oxygens (including phenoxy) is 3. The summed E-state index contributed by atoms with van der Waals surface area (Å²) in [5.41, 5.74) is 7.04. The summed E-state index contributed by atoms with van der Waals surface area (Å²) in [5.74, 6) is -0.0318. The van der Waals surface area contributed by atoms with Crippen molar-refractivity contribution in [3.05, 3.63) is 60.2 Å². The molecule has 0 saturated carbocycles. The second kappa shape index (κ2) is 12.4. The maximum absolute atomic E-state index is 13.5. The lowest BCUT2D eigenvalue weighted by molar-refractivity contribution is -0.0907. The van der Waals surface area contributed by atoms with E-state index in [1.54, 1.807) is 12.1 Å². The zero-order chi connectivity index (χ0) is 27.3. The van der Waals surface area contributed by atoms with E-state index in [0.29, 0.717) is 12.3 Å². The van der Waals surface area contributed by atoms with Crippen LogP contribution in [0.4, 0.5) is 10.5 Å². The Kier molecular flexibility index (Phi) is 9.27. The Morgan fingerprint density at radius 3 is 2.63 bits per heavy atom. The van der Waals surface area contributed by atoms with E-state index in [2.05, 4.69) is 5.32 Å². The minimum absolute atomic E-state index is 0.00697. The number of aliphatic hydroxyl groups excluding tert-OH is 1. The Bertz CT molecular complexity index is 1180. The molecule has 2 aromatic rings. The largest absolute Gasteiger partial charge is 0.443 e. The van der Waals surface area contributed by atoms with Crippen molar-refractivity contribution in [2.24, 2.45) is 11.8 Å². The van der Waals surface area contributed by atoms with E-state index in [-0.39, 0.29) is 49.1 Å². The Hall–Kier alpha value is -2.70. The number of anilines is 1. The molecule has 2 saturated heterocycles. The van der Waals surface area contributed by atoms with Crippen LogP contribution < -0.4 is 11.1 Å². The van der Waals surface area contributed by atoms with Crippen LogP contribution >= 0.6 is 0 Å². The molecule has 10 nitrogen and oxygen atoms in total. The molecule has 2 aliphatic rings. The van der Waals surface area contributed by atoms with Gasteiger partial charge in [0.25, 0.3) is 0 Å². The summed E-state index contributed by atoms with van der Waals surface area (Å²) in [6.07, 6.45) is -1.70. The first-order valence-electron chi connectivity index (χ1n) is 12.9. The topological polar surface area (TPSA) is 140 Å². The quantitative estimate of drug-likeness (QED) is 0.364. The van der Waals surface area contributed by atoms with Crippen LogP contribution in [0.15, 0.2) is 59.5 Å². The van der Waals surface area contributed by atoms with Crippen molar-refractivity contribution in [3.63, 3.8) is 0 Å². The van der Waals surface area contributed by atoms with E-state index >= 15 is 0 Å². The normalized spacial score (nSPS) is 22.8. The van der Waals surface area contributed by atoms with E-state index in [4.69, 9.17) is 19.9 Å². The predicted molar refractivity (Wildman–Crippen MR) is 142 cm³/mol. The highest BCUT2D eigenvalue weighted by Crippen LogP contribution is 2.33. The van der Waals surface area contributed by atoms with Crippen molar-refractivity contribution >= 4 is 21.8 Å². The fraction of sp³-hybridized carbons (Fsp3) is 0.519. The fourth-order valence-electron chi connectivity index (χ4n) is 4.86. The first-order chi connectivity index (χ1) is 18.1. The number of benzene rings is 2. The maximum Gasteiger partial charge on any atom is 0.407 e. The van der Waals surface area contributed by atoms with E-state index in [1.807, 2.05) is 44.2 Å². The van der Waals surface area contributed by atoms with Gasteiger partial charge >= 0.3 is 6.09 Å². The van der Waals surface area contributed by atoms with Gasteiger partial charge in [-0.05, 0) is 42.5 Å². The number of alkyl carbamates (subject to hydrolysis) is 1. The summed E-state index contributed by atoms with van der Waals surface area (Å²) in [5, 5.41) is 14.1. The van der Waals surface area contributed by atoms with Crippen molar-refractivity contribution in [3.8, 4) is 0 Å². The Balaban J connectivity index is 1.51. The Morgan fingerprint density at radius 2 is 1.92 bits per heavy atom. The average molecular weight is 548 g/mol. The zero-order valence-electron chi connectivity index (χ0n) is 21.7. The molecule has 2 fully saturated rings. The number of hydrogen-bond donors (Lipinski definition) is 3. The molecule has 208 valence electrons. The summed E-state index contributed by atoms with van der Waals surface area (Å²) in [6.45, 7) is 4.55. The molecular formula is C27H37N3O7S. The number of aliphatic hydroxyl groups is 1. The molecule has 4 rings (SSSR count). The molecule has 11 heteroatoms. The number of nitrogens with two attached hydrogens (primary N) is 1. The molecule has 2 heterocycles. The molecule has 0 aliphatic carbocycles. The monoisotopic (exact) mass is 547 g/mol. The van der Waals surface area contributed by atoms with Gasteiger partial charge in [-0.2, -0.15) is 4.31 Å². The molecule has 0 radical (unpaired) electrons. The number of carbonyl (C=O) groups is 1. The van der Waals surface area contributed by atoms with Crippen LogP contribution in [0.2, 0.25) is 0 Å². The molecule has 0 bridgehead atoms. The lowest BCUT2D eigenvalue weighted by atomic mass is 10.0. The smallest absolute Gasteiger partial charge is 0.407 e. The number of nitrogen functional groups attached to an aromatic ring is 1. The van der Waals surface area contributed by atoms with E-state index in [0.717, 1.165) is 12.0 Å². The molecule has 2 aliphatic heterocycles. The van der Waals surface area contributed by atoms with Crippen molar-refractivity contribution in [1.82, 2.24) is 9.62 Å². The molecule has 38 heavy (non-hydrogen) atoms. The minimum Gasteiger partial charge on any atom is -0.443 e. The number of nitrogens with zero attached hydrogens (tertiary/aromatic N) is 1. The number of fused-ring (bicyclic) bond motifs is 1. The fourth-order valence-corrected chi connectivity index (χ4v) is 6.54. The van der Waals surface area contributed by atoms with Gasteiger partial charge < -0.3 is 30.4 Å². The van der Waals surface area contributed by atoms with Crippen molar-refractivity contribution in [2.75, 3.05) is 32.0 Å². The Morgan fingerprint density at radius 1 is 1.16 bits per heavy atom. The number of nitrogens with one attached hydrogen (secondary N) is 1. The second-order valence-electron chi connectivity index (χ2n) is 10.3. The van der Waals surface area contributed by atoms with Crippen molar-refractivity contribution < 1.29 is 32.5 Å². The number of hydrogen-bond acceptors (Lipinski definition) is 8. The standard InChI is InChI=1S/C27H37N3O7S/c1-18(2)15-30(38(33,34)21-10-6-9-20(28)14-21)16-24(31)23(13-19-7-4-3-5-8-19)29-27(32)37-25-17-36-26-22(25)11-12-35-26/h3-10,14,18,22-26,31H,11-13,15-17,28H2,1-2H3,(H,29,32)/t22-,23-,24+,25-,26+/m0/s1. The van der Waals surface area contributed by atoms with E-state index in [1.165, 1.54) is 16.4 Å². The first kappa shape index (κ1) is 28.3. The van der Waals surface area contributed by atoms with Crippen LogP contribution in [-0.4, -0.2) is 74.8 Å². The number of sulfonamides is 1. The van der Waals surface area contributed by atoms with Crippen LogP contribution in [0.3, 0.4) is 0 Å². The minimum atomic E-state index is -3.96. The van der Waals surface area contributed by atoms with Crippen LogP contribution in [0.1, 0.15) is 25.8 Å². The predicted octanol–water partition coefficient (Wildman–Crippen LogP) is 2.38. The third-order valence-electron chi connectivity index (χ3n) is 6.77. The highest BCUT2D eigenvalue weighted by atomic mass is 32.2. The lowest BCUT2D eigenvalue weighted by Gasteiger charge is -2.31. The average Bonchev–Trinajstić information content (AvgIpc) is 3.49. The summed E-state index contributed by atoms with van der Waals surface area (Å²) in [7, 11) is -3.96. The van der Waals surface area contributed by atoms with Gasteiger partial charge in [-0.3, -0.25) is 0 Å². The lowest BCUT2D eigenvalue weighted by Crippen LogP contribution is -2.51. The number of amides is 1. The van der Waals surface area contributed by atoms with Crippen molar-refractivity contribution in [2.45, 2.75) is 56.1 Å². The van der Waals surface area contributed by atoms with Gasteiger partial charge in [-0.25, -0.2) is 13.2 Å². The van der Waals surface area contributed by atoms with Gasteiger partial charge in [0.2, 0.25) is 10.0 Å². The molecule has 5 atom stereocenters. The summed E-state index contributed by atoms with van der Waals surface area (Å²) in [4.78, 5) is 13.0. The molecule has 0 unspecified atom stereocenters. The van der Waals surface area contributed by atoms with Gasteiger partial charge in [0, 0.05) is 18.8 Å². The highest BCUT2D eigenvalue weighted by Gasteiger charge is 2.44. The molecule has 2 aromatic carbocycles. The number of carbonyl (C=O) groups excluding carboxylic acids is 1. The van der Waals surface area contributed by atoms with Gasteiger partial charge in [0.15, 0.2) is 6.29 Å². The van der Waals surface area contributed by atoms with Gasteiger partial charge in [0.05, 0.1) is 36.2 Å². The summed E-state index contributed by atoms with van der Waals surface area (Å²) < 4.78 is 45.0. The molecule has 1 amide bonds. The van der Waals surface area contributed by atoms with Crippen LogP contribution in [0.5, 0.6) is 0 Å². The van der Waals surface area contributed by atoms with Gasteiger partial charge in [0.1, 0.15) is 6.10 Å². The third kappa shape index (κ3) is 7.03. The summed E-state index contributed by atoms with van der Waals surface area (Å²) in [6, 6.07) is 14.6. The number of rotatable bonds is 11. The van der Waals surface area contributed by atoms with E-state index < -0.39 is 34.4 Å². The molecule has 4 N–H and O–H groups in total. The van der Waals surface area contributed by atoms with E-state index in [9.17, 15) is 18.3 Å². The first-order valence-corrected chi connectivity index (χ1v) is 14.4. The van der Waals surface area contributed by atoms with Crippen molar-refractivity contribution in [1.29, 1.82) is 0 Å². The Labute approximate surface area is 224 Å². The summed E-state index contributed by atoms with van der Waals surface area (Å²) >= 11 is 0. The molecule has 0 aromatic heterocycles. The zero-order valence-corrected chi connectivity index (χ0v) is 22.5. The van der Waals surface area contributed by atoms with Crippen LogP contribution in [0.25, 0.3) is 0 Å². The third-order valence-corrected chi connectivity index (χ3v) is 8.59. The van der Waals surface area contributed by atoms with Gasteiger partial charge in [-0.15, -0.1) is 0 Å². The van der Waals surface area contributed by atoms with Crippen LogP contribution in [0, 0.1) is 11.8 Å². The SMILES string of the molecule is CC(C)CN(C[C@@H](O)[C@H](Cc1ccccc1)NC(=O)O[C@H]1CO[C@H]2OCC[C@H]21)S(=O)(=O)c1cccc(N)c1. The van der Waals surface area contributed by atoms with Gasteiger partial charge in [-0.1, -0.05) is 50.2 Å². The molecule has 0 spiro atoms. The molecular weight excluding hydrogens is 510 g/mol. The second-order valence-corrected chi connectivity index (χ2v) is 12.2. The van der Waals surface area contributed by atoms with Crippen LogP contribution in [-0.2, 0) is 30.7 Å².